The van der Waals surface area contributed by atoms with E-state index < -0.39 is 0 Å². The van der Waals surface area contributed by atoms with E-state index in [-0.39, 0.29) is 0 Å². The van der Waals surface area contributed by atoms with Crippen molar-refractivity contribution < 1.29 is 4.52 Å². The predicted octanol–water partition coefficient (Wildman–Crippen LogP) is 4.25. The molecule has 24 heavy (non-hydrogen) atoms. The van der Waals surface area contributed by atoms with Gasteiger partial charge in [-0.2, -0.15) is 0 Å². The van der Waals surface area contributed by atoms with Gasteiger partial charge in [-0.05, 0) is 49.6 Å². The zero-order chi connectivity index (χ0) is 16.4. The molecule has 2 aromatic heterocycles. The Kier molecular flexibility index (Phi) is 4.13. The highest BCUT2D eigenvalue weighted by Crippen LogP contribution is 2.34. The highest BCUT2D eigenvalue weighted by Gasteiger charge is 2.24. The lowest BCUT2D eigenvalue weighted by atomic mass is 9.87. The molecule has 0 amide bonds. The zero-order valence-corrected chi connectivity index (χ0v) is 13.9. The Balaban J connectivity index is 1.51. The van der Waals surface area contributed by atoms with E-state index in [1.165, 1.54) is 30.4 Å². The molecule has 0 spiro atoms. The molecular formula is C20H21N3O. The minimum Gasteiger partial charge on any atom is -0.359 e. The van der Waals surface area contributed by atoms with Crippen LogP contribution in [0.15, 0.2) is 59.3 Å². The van der Waals surface area contributed by atoms with Crippen molar-refractivity contribution in [2.75, 3.05) is 7.05 Å². The molecule has 1 aliphatic rings. The lowest BCUT2D eigenvalue weighted by molar-refractivity contribution is 0.190. The van der Waals surface area contributed by atoms with Crippen molar-refractivity contribution in [1.82, 2.24) is 15.0 Å². The van der Waals surface area contributed by atoms with Crippen molar-refractivity contribution in [3.63, 3.8) is 0 Å². The smallest absolute Gasteiger partial charge is 0.151 e. The Morgan fingerprint density at radius 2 is 2.00 bits per heavy atom. The fraction of sp³-hybridized carbons (Fsp3) is 0.300. The van der Waals surface area contributed by atoms with Crippen LogP contribution in [0.5, 0.6) is 0 Å². The van der Waals surface area contributed by atoms with E-state index in [9.17, 15) is 0 Å². The van der Waals surface area contributed by atoms with Gasteiger partial charge in [0.1, 0.15) is 5.69 Å². The second-order valence-electron chi connectivity index (χ2n) is 6.42. The van der Waals surface area contributed by atoms with Crippen LogP contribution in [-0.2, 0) is 13.0 Å². The maximum absolute atomic E-state index is 5.54. The molecule has 0 bridgehead atoms. The summed E-state index contributed by atoms with van der Waals surface area (Å²) < 4.78 is 5.54. The molecule has 0 saturated carbocycles. The van der Waals surface area contributed by atoms with E-state index in [1.807, 2.05) is 24.3 Å². The summed E-state index contributed by atoms with van der Waals surface area (Å²) >= 11 is 0. The van der Waals surface area contributed by atoms with E-state index in [4.69, 9.17) is 4.52 Å². The summed E-state index contributed by atoms with van der Waals surface area (Å²) in [4.78, 5) is 6.69. The largest absolute Gasteiger partial charge is 0.359 e. The van der Waals surface area contributed by atoms with Crippen LogP contribution in [0.25, 0.3) is 11.4 Å². The van der Waals surface area contributed by atoms with Gasteiger partial charge in [0.2, 0.25) is 0 Å². The Morgan fingerprint density at radius 3 is 2.88 bits per heavy atom. The number of aromatic nitrogens is 2. The van der Waals surface area contributed by atoms with Crippen molar-refractivity contribution in [2.45, 2.75) is 31.8 Å². The molecule has 4 rings (SSSR count). The molecule has 1 unspecified atom stereocenters. The quantitative estimate of drug-likeness (QED) is 0.721. The second-order valence-corrected chi connectivity index (χ2v) is 6.42. The van der Waals surface area contributed by atoms with Crippen LogP contribution in [0, 0.1) is 0 Å². The van der Waals surface area contributed by atoms with E-state index >= 15 is 0 Å². The number of pyridine rings is 1. The standard InChI is InChI=1S/C20H21N3O/c1-23(20-11-6-8-15-7-2-3-9-17(15)20)14-16-13-19(22-24-16)18-10-4-5-12-21-18/h2-5,7,9-10,12-13,20H,6,8,11,14H2,1H3. The molecule has 1 aliphatic carbocycles. The third-order valence-corrected chi connectivity index (χ3v) is 4.76. The van der Waals surface area contributed by atoms with Gasteiger partial charge in [0.25, 0.3) is 0 Å². The van der Waals surface area contributed by atoms with E-state index in [2.05, 4.69) is 46.4 Å². The molecule has 1 aromatic carbocycles. The third-order valence-electron chi connectivity index (χ3n) is 4.76. The first kappa shape index (κ1) is 15.1. The zero-order valence-electron chi connectivity index (χ0n) is 13.9. The SMILES string of the molecule is CN(Cc1cc(-c2ccccn2)no1)C1CCCc2ccccc21. The first-order chi connectivity index (χ1) is 11.8. The van der Waals surface area contributed by atoms with Gasteiger partial charge in [0, 0.05) is 18.3 Å². The molecule has 0 N–H and O–H groups in total. The molecule has 1 atom stereocenters. The number of fused-ring (bicyclic) bond motifs is 1. The minimum atomic E-state index is 0.443. The summed E-state index contributed by atoms with van der Waals surface area (Å²) in [6.07, 6.45) is 5.39. The molecule has 0 fully saturated rings. The minimum absolute atomic E-state index is 0.443. The van der Waals surface area contributed by atoms with Gasteiger partial charge >= 0.3 is 0 Å². The Morgan fingerprint density at radius 1 is 1.12 bits per heavy atom. The van der Waals surface area contributed by atoms with Gasteiger partial charge in [-0.15, -0.1) is 0 Å². The summed E-state index contributed by atoms with van der Waals surface area (Å²) in [5.74, 6) is 0.876. The Bertz CT molecular complexity index is 813. The van der Waals surface area contributed by atoms with E-state index in [1.54, 1.807) is 6.20 Å². The summed E-state index contributed by atoms with van der Waals surface area (Å²) in [5.41, 5.74) is 4.57. The van der Waals surface area contributed by atoms with Crippen molar-refractivity contribution >= 4 is 0 Å². The fourth-order valence-electron chi connectivity index (χ4n) is 3.56. The van der Waals surface area contributed by atoms with Gasteiger partial charge in [-0.25, -0.2) is 0 Å². The normalized spacial score (nSPS) is 17.0. The lowest BCUT2D eigenvalue weighted by Gasteiger charge is -2.32. The first-order valence-corrected chi connectivity index (χ1v) is 8.46. The molecule has 4 heteroatoms. The van der Waals surface area contributed by atoms with Gasteiger partial charge in [-0.1, -0.05) is 35.5 Å². The molecule has 4 nitrogen and oxygen atoms in total. The van der Waals surface area contributed by atoms with Gasteiger partial charge in [0.05, 0.1) is 12.2 Å². The summed E-state index contributed by atoms with van der Waals surface area (Å²) in [6.45, 7) is 0.749. The predicted molar refractivity (Wildman–Crippen MR) is 93.3 cm³/mol. The van der Waals surface area contributed by atoms with Crippen LogP contribution in [0.4, 0.5) is 0 Å². The van der Waals surface area contributed by atoms with Crippen LogP contribution in [0.2, 0.25) is 0 Å². The van der Waals surface area contributed by atoms with E-state index in [0.29, 0.717) is 6.04 Å². The summed E-state index contributed by atoms with van der Waals surface area (Å²) in [5, 5.41) is 4.16. The average molecular weight is 319 g/mol. The Labute approximate surface area is 142 Å². The molecule has 0 saturated heterocycles. The number of aryl methyl sites for hydroxylation is 1. The first-order valence-electron chi connectivity index (χ1n) is 8.46. The average Bonchev–Trinajstić information content (AvgIpc) is 3.10. The monoisotopic (exact) mass is 319 g/mol. The van der Waals surface area contributed by atoms with Crippen LogP contribution >= 0.6 is 0 Å². The van der Waals surface area contributed by atoms with E-state index in [0.717, 1.165) is 23.7 Å². The van der Waals surface area contributed by atoms with Crippen molar-refractivity contribution in [3.8, 4) is 11.4 Å². The Hall–Kier alpha value is -2.46. The summed E-state index contributed by atoms with van der Waals surface area (Å²) in [7, 11) is 2.16. The van der Waals surface area contributed by atoms with Crippen LogP contribution in [0.3, 0.4) is 0 Å². The van der Waals surface area contributed by atoms with Crippen LogP contribution in [0.1, 0.15) is 35.8 Å². The second kappa shape index (κ2) is 6.57. The number of hydrogen-bond donors (Lipinski definition) is 0. The molecular weight excluding hydrogens is 298 g/mol. The molecule has 2 heterocycles. The molecule has 0 radical (unpaired) electrons. The summed E-state index contributed by atoms with van der Waals surface area (Å²) in [6, 6.07) is 17.0. The topological polar surface area (TPSA) is 42.2 Å². The highest BCUT2D eigenvalue weighted by molar-refractivity contribution is 5.53. The van der Waals surface area contributed by atoms with Crippen molar-refractivity contribution in [2.24, 2.45) is 0 Å². The lowest BCUT2D eigenvalue weighted by Crippen LogP contribution is -2.27. The molecule has 122 valence electrons. The number of nitrogens with zero attached hydrogens (tertiary/aromatic N) is 3. The highest BCUT2D eigenvalue weighted by atomic mass is 16.5. The maximum atomic E-state index is 5.54. The van der Waals surface area contributed by atoms with Gasteiger partial charge in [0.15, 0.2) is 5.76 Å². The molecule has 0 aliphatic heterocycles. The van der Waals surface area contributed by atoms with Gasteiger partial charge < -0.3 is 4.52 Å². The van der Waals surface area contributed by atoms with Crippen molar-refractivity contribution in [1.29, 1.82) is 0 Å². The number of benzene rings is 1. The third kappa shape index (κ3) is 2.97. The molecule has 3 aromatic rings. The van der Waals surface area contributed by atoms with Crippen molar-refractivity contribution in [3.05, 3.63) is 71.6 Å². The number of hydrogen-bond acceptors (Lipinski definition) is 4. The number of rotatable bonds is 4. The van der Waals surface area contributed by atoms with Crippen LogP contribution < -0.4 is 0 Å². The maximum Gasteiger partial charge on any atom is 0.151 e. The fourth-order valence-corrected chi connectivity index (χ4v) is 3.56. The van der Waals surface area contributed by atoms with Crippen LogP contribution in [-0.4, -0.2) is 22.1 Å². The van der Waals surface area contributed by atoms with Gasteiger partial charge in [-0.3, -0.25) is 9.88 Å².